The van der Waals surface area contributed by atoms with Crippen molar-refractivity contribution in [2.45, 2.75) is 59.3 Å². The van der Waals surface area contributed by atoms with E-state index in [0.29, 0.717) is 0 Å². The Kier molecular flexibility index (Phi) is 11.2. The van der Waals surface area contributed by atoms with Gasteiger partial charge in [0.2, 0.25) is 0 Å². The third-order valence-electron chi connectivity index (χ3n) is 8.63. The molecule has 0 bridgehead atoms. The van der Waals surface area contributed by atoms with Gasteiger partial charge in [0.05, 0.1) is 5.69 Å². The minimum atomic E-state index is 0. The van der Waals surface area contributed by atoms with Crippen LogP contribution in [0.4, 0.5) is 0 Å². The van der Waals surface area contributed by atoms with Crippen molar-refractivity contribution in [1.29, 1.82) is 0 Å². The zero-order valence-electron chi connectivity index (χ0n) is 29.7. The van der Waals surface area contributed by atoms with Crippen LogP contribution in [0.1, 0.15) is 58.2 Å². The molecule has 0 N–H and O–H groups in total. The average molecular weight is 831 g/mol. The summed E-state index contributed by atoms with van der Waals surface area (Å²) >= 11 is 0. The maximum atomic E-state index is 4.72. The summed E-state index contributed by atoms with van der Waals surface area (Å²) in [5.41, 5.74) is 12.2. The second-order valence-electron chi connectivity index (χ2n) is 14.4. The van der Waals surface area contributed by atoms with Gasteiger partial charge in [-0.25, -0.2) is 0 Å². The van der Waals surface area contributed by atoms with Gasteiger partial charge in [0.1, 0.15) is 0 Å². The number of aryl methyl sites for hydroxylation is 1. The molecule has 7 aromatic rings. The molecule has 5 heteroatoms. The molecule has 7 rings (SSSR count). The minimum absolute atomic E-state index is 0. The molecule has 0 atom stereocenters. The standard InChI is InChI=1S/C33H32N3.C12H10N.Ir/c1-32(2,3)24-12-16-35-30(19-24)23-9-7-8-22(18-23)26-10-11-28(29-21-34-15-14-27(26)29)31-20-25(13-17-36-31)33(4,5)6;1-10-7-8-13-12(9-10)11-5-3-2-4-6-11;/h7-8,10-21H,1-6H3;2-5,7-9H,1H3;/q2*-1;. The SMILES string of the molecule is CC(C)(C)c1ccnc(-c2[c-]ccc(-c3ccc(-c4cc(C(C)(C)C)ccn4)c4cnccc34)c2)c1.Cc1ccnc(-c2[c-]cccc2)c1.[Ir]. The molecule has 0 aliphatic carbocycles. The molecule has 3 aromatic carbocycles. The number of aromatic nitrogens is 4. The Hall–Kier alpha value is -4.83. The fraction of sp³-hybridized carbons (Fsp3) is 0.200. The Balaban J connectivity index is 0.000000291. The Morgan fingerprint density at radius 1 is 0.520 bits per heavy atom. The van der Waals surface area contributed by atoms with Crippen molar-refractivity contribution in [2.75, 3.05) is 0 Å². The van der Waals surface area contributed by atoms with E-state index in [0.717, 1.165) is 55.7 Å². The maximum Gasteiger partial charge on any atom is 0.0711 e. The van der Waals surface area contributed by atoms with Crippen LogP contribution in [0.15, 0.2) is 128 Å². The first-order valence-corrected chi connectivity index (χ1v) is 16.7. The fourth-order valence-electron chi connectivity index (χ4n) is 5.77. The predicted octanol–water partition coefficient (Wildman–Crippen LogP) is 11.3. The Bertz CT molecular complexity index is 2210. The quantitative estimate of drug-likeness (QED) is 0.166. The van der Waals surface area contributed by atoms with Gasteiger partial charge in [0.25, 0.3) is 0 Å². The van der Waals surface area contributed by atoms with Crippen LogP contribution in [0.3, 0.4) is 0 Å². The molecule has 0 saturated carbocycles. The number of hydrogen-bond donors (Lipinski definition) is 0. The molecule has 0 amide bonds. The summed E-state index contributed by atoms with van der Waals surface area (Å²) < 4.78 is 0. The Morgan fingerprint density at radius 3 is 1.80 bits per heavy atom. The van der Waals surface area contributed by atoms with Gasteiger partial charge < -0.3 is 9.97 Å². The maximum absolute atomic E-state index is 4.72. The first kappa shape index (κ1) is 36.4. The Labute approximate surface area is 310 Å². The zero-order valence-corrected chi connectivity index (χ0v) is 32.1. The van der Waals surface area contributed by atoms with Crippen molar-refractivity contribution in [3.05, 3.63) is 157 Å². The van der Waals surface area contributed by atoms with Crippen molar-refractivity contribution in [3.8, 4) is 44.9 Å². The topological polar surface area (TPSA) is 51.6 Å². The van der Waals surface area contributed by atoms with Gasteiger partial charge in [-0.15, -0.1) is 71.3 Å². The molecular weight excluding hydrogens is 789 g/mol. The summed E-state index contributed by atoms with van der Waals surface area (Å²) in [7, 11) is 0. The molecule has 4 nitrogen and oxygen atoms in total. The molecular formula is C45H42IrN4-2. The van der Waals surface area contributed by atoms with Gasteiger partial charge in [-0.3, -0.25) is 9.97 Å². The summed E-state index contributed by atoms with van der Waals surface area (Å²) in [6.45, 7) is 15.4. The normalized spacial score (nSPS) is 11.3. The van der Waals surface area contributed by atoms with E-state index in [9.17, 15) is 0 Å². The van der Waals surface area contributed by atoms with E-state index in [1.54, 1.807) is 0 Å². The van der Waals surface area contributed by atoms with Crippen LogP contribution in [-0.4, -0.2) is 19.9 Å². The second kappa shape index (κ2) is 15.4. The van der Waals surface area contributed by atoms with Crippen LogP contribution in [0.2, 0.25) is 0 Å². The number of hydrogen-bond acceptors (Lipinski definition) is 4. The summed E-state index contributed by atoms with van der Waals surface area (Å²) in [6, 6.07) is 39.8. The molecule has 4 heterocycles. The van der Waals surface area contributed by atoms with Crippen LogP contribution in [0.5, 0.6) is 0 Å². The van der Waals surface area contributed by atoms with Gasteiger partial charge in [-0.1, -0.05) is 71.4 Å². The van der Waals surface area contributed by atoms with Crippen molar-refractivity contribution in [3.63, 3.8) is 0 Å². The largest absolute Gasteiger partial charge is 0.305 e. The second-order valence-corrected chi connectivity index (χ2v) is 14.4. The van der Waals surface area contributed by atoms with E-state index in [1.165, 1.54) is 16.7 Å². The molecule has 4 aromatic heterocycles. The number of fused-ring (bicyclic) bond motifs is 1. The molecule has 0 aliphatic heterocycles. The number of nitrogens with zero attached hydrogens (tertiary/aromatic N) is 4. The zero-order chi connectivity index (χ0) is 34.6. The smallest absolute Gasteiger partial charge is 0.0711 e. The fourth-order valence-corrected chi connectivity index (χ4v) is 5.77. The van der Waals surface area contributed by atoms with Crippen molar-refractivity contribution in [2.24, 2.45) is 0 Å². The van der Waals surface area contributed by atoms with Crippen LogP contribution in [0, 0.1) is 19.1 Å². The van der Waals surface area contributed by atoms with Crippen LogP contribution in [0.25, 0.3) is 55.7 Å². The molecule has 0 aliphatic rings. The third kappa shape index (κ3) is 8.48. The molecule has 0 saturated heterocycles. The number of benzene rings is 3. The van der Waals surface area contributed by atoms with E-state index in [2.05, 4.69) is 136 Å². The van der Waals surface area contributed by atoms with E-state index < -0.39 is 0 Å². The van der Waals surface area contributed by atoms with E-state index in [4.69, 9.17) is 4.98 Å². The average Bonchev–Trinajstić information content (AvgIpc) is 3.11. The molecule has 0 fully saturated rings. The monoisotopic (exact) mass is 831 g/mol. The van der Waals surface area contributed by atoms with Crippen molar-refractivity contribution >= 4 is 10.8 Å². The first-order valence-electron chi connectivity index (χ1n) is 16.7. The molecule has 253 valence electrons. The number of pyridine rings is 4. The van der Waals surface area contributed by atoms with Gasteiger partial charge in [0.15, 0.2) is 0 Å². The molecule has 0 unspecified atom stereocenters. The van der Waals surface area contributed by atoms with Gasteiger partial charge in [-0.05, 0) is 81.5 Å². The summed E-state index contributed by atoms with van der Waals surface area (Å²) in [6.07, 6.45) is 9.43. The summed E-state index contributed by atoms with van der Waals surface area (Å²) in [5, 5.41) is 2.25. The van der Waals surface area contributed by atoms with Crippen molar-refractivity contribution < 1.29 is 20.1 Å². The Morgan fingerprint density at radius 2 is 1.14 bits per heavy atom. The van der Waals surface area contributed by atoms with Gasteiger partial charge in [0, 0.05) is 62.0 Å². The van der Waals surface area contributed by atoms with E-state index in [1.807, 2.05) is 67.4 Å². The summed E-state index contributed by atoms with van der Waals surface area (Å²) in [5.74, 6) is 0. The predicted molar refractivity (Wildman–Crippen MR) is 203 cm³/mol. The van der Waals surface area contributed by atoms with Crippen LogP contribution in [-0.2, 0) is 30.9 Å². The summed E-state index contributed by atoms with van der Waals surface area (Å²) in [4.78, 5) is 18.1. The number of rotatable bonds is 4. The first-order chi connectivity index (χ1) is 23.5. The van der Waals surface area contributed by atoms with Gasteiger partial charge in [-0.2, -0.15) is 0 Å². The minimum Gasteiger partial charge on any atom is -0.305 e. The van der Waals surface area contributed by atoms with Crippen molar-refractivity contribution in [1.82, 2.24) is 19.9 Å². The van der Waals surface area contributed by atoms with Crippen LogP contribution < -0.4 is 0 Å². The molecule has 50 heavy (non-hydrogen) atoms. The van der Waals surface area contributed by atoms with Gasteiger partial charge >= 0.3 is 0 Å². The molecule has 1 radical (unpaired) electrons. The third-order valence-corrected chi connectivity index (χ3v) is 8.63. The van der Waals surface area contributed by atoms with Crippen LogP contribution >= 0.6 is 0 Å². The molecule has 0 spiro atoms. The van der Waals surface area contributed by atoms with E-state index >= 15 is 0 Å². The van der Waals surface area contributed by atoms with E-state index in [-0.39, 0.29) is 30.9 Å².